The van der Waals surface area contributed by atoms with E-state index in [-0.39, 0.29) is 37.5 Å². The van der Waals surface area contributed by atoms with Crippen molar-refractivity contribution in [2.24, 2.45) is 0 Å². The lowest BCUT2D eigenvalue weighted by molar-refractivity contribution is -0.145. The summed E-state index contributed by atoms with van der Waals surface area (Å²) in [6.07, 6.45) is -0.0752. The topological polar surface area (TPSA) is 103 Å². The maximum Gasteiger partial charge on any atom is 0.243 e. The molecule has 10 heteroatoms. The second-order valence-electron chi connectivity index (χ2n) is 10.2. The number of amides is 3. The number of nitrogens with one attached hydrogen (secondary N) is 2. The Labute approximate surface area is 222 Å². The van der Waals surface area contributed by atoms with Crippen molar-refractivity contribution in [2.75, 3.05) is 57.9 Å². The van der Waals surface area contributed by atoms with Crippen LogP contribution in [0.5, 0.6) is 11.5 Å². The molecular formula is C28H35N5O5. The molecule has 2 aromatic carbocycles. The van der Waals surface area contributed by atoms with Crippen LogP contribution in [0.4, 0.5) is 5.69 Å². The number of carbonyl (C=O) groups excluding carboxylic acids is 3. The number of piperazine rings is 2. The zero-order valence-corrected chi connectivity index (χ0v) is 22.0. The Morgan fingerprint density at radius 1 is 0.974 bits per heavy atom. The molecule has 2 aromatic rings. The van der Waals surface area contributed by atoms with Crippen molar-refractivity contribution < 1.29 is 23.9 Å². The predicted octanol–water partition coefficient (Wildman–Crippen LogP) is 1.51. The first-order chi connectivity index (χ1) is 18.4. The zero-order chi connectivity index (χ0) is 26.6. The molecule has 0 aromatic heterocycles. The number of fused-ring (bicyclic) bond motifs is 1. The molecule has 0 unspecified atom stereocenters. The number of hydrogen-bond acceptors (Lipinski definition) is 7. The molecule has 38 heavy (non-hydrogen) atoms. The number of nitrogens with zero attached hydrogens (tertiary/aromatic N) is 3. The van der Waals surface area contributed by atoms with Gasteiger partial charge in [0.05, 0.1) is 13.0 Å². The summed E-state index contributed by atoms with van der Waals surface area (Å²) in [5.74, 6) is 0.885. The zero-order valence-electron chi connectivity index (χ0n) is 22.0. The fraction of sp³-hybridized carbons (Fsp3) is 0.464. The lowest BCUT2D eigenvalue weighted by Crippen LogP contribution is -2.60. The Kier molecular flexibility index (Phi) is 7.80. The number of aryl methyl sites for hydroxylation is 2. The van der Waals surface area contributed by atoms with E-state index in [1.807, 2.05) is 44.2 Å². The highest BCUT2D eigenvalue weighted by molar-refractivity contribution is 5.98. The lowest BCUT2D eigenvalue weighted by atomic mass is 10.1. The largest absolute Gasteiger partial charge is 0.454 e. The molecule has 0 aliphatic carbocycles. The highest BCUT2D eigenvalue weighted by Crippen LogP contribution is 2.32. The van der Waals surface area contributed by atoms with Gasteiger partial charge in [0.2, 0.25) is 24.5 Å². The van der Waals surface area contributed by atoms with E-state index >= 15 is 0 Å². The summed E-state index contributed by atoms with van der Waals surface area (Å²) in [6, 6.07) is 11.0. The minimum atomic E-state index is -0.811. The van der Waals surface area contributed by atoms with Gasteiger partial charge >= 0.3 is 0 Å². The van der Waals surface area contributed by atoms with Crippen molar-refractivity contribution >= 4 is 23.4 Å². The van der Waals surface area contributed by atoms with Gasteiger partial charge in [-0.25, -0.2) is 0 Å². The summed E-state index contributed by atoms with van der Waals surface area (Å²) in [6.45, 7) is 9.22. The van der Waals surface area contributed by atoms with Gasteiger partial charge in [0.25, 0.3) is 0 Å². The number of carbonyl (C=O) groups is 3. The molecule has 3 aliphatic heterocycles. The molecular weight excluding hydrogens is 486 g/mol. The molecule has 2 saturated heterocycles. The van der Waals surface area contributed by atoms with E-state index in [2.05, 4.69) is 26.5 Å². The summed E-state index contributed by atoms with van der Waals surface area (Å²) in [5.41, 5.74) is 3.95. The summed E-state index contributed by atoms with van der Waals surface area (Å²) in [5, 5.41) is 5.70. The quantitative estimate of drug-likeness (QED) is 0.569. The molecule has 202 valence electrons. The number of rotatable bonds is 7. The third kappa shape index (κ3) is 6.08. The Hall–Kier alpha value is -3.63. The van der Waals surface area contributed by atoms with E-state index in [1.165, 1.54) is 5.56 Å². The predicted molar refractivity (Wildman–Crippen MR) is 142 cm³/mol. The van der Waals surface area contributed by atoms with Gasteiger partial charge in [0.15, 0.2) is 11.5 Å². The fourth-order valence-corrected chi connectivity index (χ4v) is 5.23. The van der Waals surface area contributed by atoms with Crippen LogP contribution in [0.15, 0.2) is 36.4 Å². The molecule has 0 spiro atoms. The van der Waals surface area contributed by atoms with Gasteiger partial charge in [-0.1, -0.05) is 23.8 Å². The van der Waals surface area contributed by atoms with Crippen molar-refractivity contribution in [3.8, 4) is 11.5 Å². The van der Waals surface area contributed by atoms with Crippen LogP contribution in [0, 0.1) is 13.8 Å². The molecule has 2 fully saturated rings. The van der Waals surface area contributed by atoms with Gasteiger partial charge in [-0.05, 0) is 43.2 Å². The van der Waals surface area contributed by atoms with Crippen LogP contribution >= 0.6 is 0 Å². The summed E-state index contributed by atoms with van der Waals surface area (Å²) < 4.78 is 10.9. The molecule has 3 aliphatic rings. The molecule has 10 nitrogen and oxygen atoms in total. The molecule has 0 bridgehead atoms. The SMILES string of the molecule is Cc1ccc(NC(=O)C[C@H]2C(=O)NCCN2C(=O)CN2CCN(Cc3ccc4c(c3)OCO4)CC2)c(C)c1. The number of benzene rings is 2. The first kappa shape index (κ1) is 26.0. The second kappa shape index (κ2) is 11.4. The molecule has 5 rings (SSSR count). The molecule has 1 atom stereocenters. The smallest absolute Gasteiger partial charge is 0.243 e. The van der Waals surface area contributed by atoms with Crippen molar-refractivity contribution in [2.45, 2.75) is 32.9 Å². The van der Waals surface area contributed by atoms with Crippen molar-refractivity contribution in [3.63, 3.8) is 0 Å². The van der Waals surface area contributed by atoms with Gasteiger partial charge in [-0.15, -0.1) is 0 Å². The van der Waals surface area contributed by atoms with E-state index in [4.69, 9.17) is 9.47 Å². The summed E-state index contributed by atoms with van der Waals surface area (Å²) in [4.78, 5) is 44.8. The summed E-state index contributed by atoms with van der Waals surface area (Å²) >= 11 is 0. The van der Waals surface area contributed by atoms with Gasteiger partial charge in [0.1, 0.15) is 6.04 Å². The number of ether oxygens (including phenoxy) is 2. The standard InChI is InChI=1S/C28H35N5O5/c1-19-3-5-22(20(2)13-19)30-26(34)15-23-28(36)29-7-8-33(23)27(35)17-32-11-9-31(10-12-32)16-21-4-6-24-25(14-21)38-18-37-24/h3-6,13-14,23H,7-12,15-18H2,1-2H3,(H,29,36)(H,30,34)/t23-/m0/s1. The van der Waals surface area contributed by atoms with Crippen molar-refractivity contribution in [1.29, 1.82) is 0 Å². The minimum absolute atomic E-state index is 0.0752. The van der Waals surface area contributed by atoms with Crippen LogP contribution in [-0.4, -0.2) is 91.1 Å². The van der Waals surface area contributed by atoms with Gasteiger partial charge in [-0.3, -0.25) is 24.2 Å². The van der Waals surface area contributed by atoms with Crippen LogP contribution in [0.1, 0.15) is 23.1 Å². The lowest BCUT2D eigenvalue weighted by Gasteiger charge is -2.38. The van der Waals surface area contributed by atoms with Crippen LogP contribution in [0.25, 0.3) is 0 Å². The number of anilines is 1. The van der Waals surface area contributed by atoms with E-state index in [1.54, 1.807) is 4.90 Å². The van der Waals surface area contributed by atoms with E-state index in [0.717, 1.165) is 55.3 Å². The van der Waals surface area contributed by atoms with Gasteiger partial charge in [-0.2, -0.15) is 0 Å². The highest BCUT2D eigenvalue weighted by Gasteiger charge is 2.35. The molecule has 2 N–H and O–H groups in total. The highest BCUT2D eigenvalue weighted by atomic mass is 16.7. The van der Waals surface area contributed by atoms with Crippen LogP contribution in [-0.2, 0) is 20.9 Å². The van der Waals surface area contributed by atoms with E-state index in [0.29, 0.717) is 18.8 Å². The Bertz CT molecular complexity index is 1210. The van der Waals surface area contributed by atoms with Crippen LogP contribution in [0.3, 0.4) is 0 Å². The van der Waals surface area contributed by atoms with Gasteiger partial charge < -0.3 is 25.0 Å². The monoisotopic (exact) mass is 521 g/mol. The van der Waals surface area contributed by atoms with E-state index < -0.39 is 6.04 Å². The average molecular weight is 522 g/mol. The normalized spacial score (nSPS) is 19.8. The molecule has 0 radical (unpaired) electrons. The van der Waals surface area contributed by atoms with Crippen LogP contribution in [0.2, 0.25) is 0 Å². The molecule has 3 heterocycles. The Morgan fingerprint density at radius 2 is 1.74 bits per heavy atom. The fourth-order valence-electron chi connectivity index (χ4n) is 5.23. The first-order valence-electron chi connectivity index (χ1n) is 13.1. The van der Waals surface area contributed by atoms with Crippen LogP contribution < -0.4 is 20.1 Å². The first-order valence-corrected chi connectivity index (χ1v) is 13.1. The maximum absolute atomic E-state index is 13.3. The Balaban J connectivity index is 1.13. The minimum Gasteiger partial charge on any atom is -0.454 e. The number of hydrogen-bond donors (Lipinski definition) is 2. The van der Waals surface area contributed by atoms with Gasteiger partial charge in [0, 0.05) is 51.5 Å². The average Bonchev–Trinajstić information content (AvgIpc) is 3.36. The van der Waals surface area contributed by atoms with Crippen molar-refractivity contribution in [1.82, 2.24) is 20.0 Å². The molecule has 3 amide bonds. The van der Waals surface area contributed by atoms with E-state index in [9.17, 15) is 14.4 Å². The second-order valence-corrected chi connectivity index (χ2v) is 10.2. The summed E-state index contributed by atoms with van der Waals surface area (Å²) in [7, 11) is 0. The Morgan fingerprint density at radius 3 is 2.53 bits per heavy atom. The third-order valence-corrected chi connectivity index (χ3v) is 7.35. The third-order valence-electron chi connectivity index (χ3n) is 7.35. The van der Waals surface area contributed by atoms with Crippen molar-refractivity contribution in [3.05, 3.63) is 53.1 Å². The molecule has 0 saturated carbocycles. The maximum atomic E-state index is 13.3.